The number of nitrogens with zero attached hydrogens (tertiary/aromatic N) is 2. The van der Waals surface area contributed by atoms with Gasteiger partial charge in [0.2, 0.25) is 0 Å². The van der Waals surface area contributed by atoms with Gasteiger partial charge in [0.25, 0.3) is 0 Å². The van der Waals surface area contributed by atoms with Gasteiger partial charge < -0.3 is 9.13 Å². The minimum atomic E-state index is 1.15. The predicted octanol–water partition coefficient (Wildman–Crippen LogP) is 14.0. The number of aromatic nitrogens is 2. The molecule has 0 atom stereocenters. The third-order valence-corrected chi connectivity index (χ3v) is 11.1. The van der Waals surface area contributed by atoms with Crippen LogP contribution in [0.3, 0.4) is 0 Å². The van der Waals surface area contributed by atoms with Gasteiger partial charge in [0, 0.05) is 32.8 Å². The molecule has 0 unspecified atom stereocenters. The van der Waals surface area contributed by atoms with E-state index in [1.807, 2.05) is 0 Å². The second-order valence-corrected chi connectivity index (χ2v) is 14.2. The van der Waals surface area contributed by atoms with E-state index in [1.165, 1.54) is 93.5 Å². The van der Waals surface area contributed by atoms with Crippen molar-refractivity contribution in [1.29, 1.82) is 0 Å². The Morgan fingerprint density at radius 3 is 1.65 bits per heavy atom. The number of hydrogen-bond donors (Lipinski definition) is 0. The highest BCUT2D eigenvalue weighted by Gasteiger charge is 2.18. The van der Waals surface area contributed by atoms with Gasteiger partial charge in [0.1, 0.15) is 0 Å². The average molecular weight is 687 g/mol. The summed E-state index contributed by atoms with van der Waals surface area (Å²) in [5.41, 5.74) is 14.4. The Kier molecular flexibility index (Phi) is 6.90. The maximum Gasteiger partial charge on any atom is 0.0547 e. The molecule has 252 valence electrons. The second-order valence-electron chi connectivity index (χ2n) is 14.2. The van der Waals surface area contributed by atoms with Crippen LogP contribution in [0.5, 0.6) is 0 Å². The lowest BCUT2D eigenvalue weighted by molar-refractivity contribution is 1.18. The van der Waals surface area contributed by atoms with Crippen LogP contribution in [0.2, 0.25) is 0 Å². The summed E-state index contributed by atoms with van der Waals surface area (Å²) in [5.74, 6) is 0. The van der Waals surface area contributed by atoms with Crippen molar-refractivity contribution in [2.75, 3.05) is 0 Å². The van der Waals surface area contributed by atoms with Crippen LogP contribution < -0.4 is 0 Å². The number of para-hydroxylation sites is 3. The van der Waals surface area contributed by atoms with Crippen LogP contribution in [0.25, 0.3) is 99.1 Å². The van der Waals surface area contributed by atoms with E-state index in [4.69, 9.17) is 0 Å². The molecule has 0 saturated carbocycles. The van der Waals surface area contributed by atoms with Crippen molar-refractivity contribution in [3.63, 3.8) is 0 Å². The van der Waals surface area contributed by atoms with Gasteiger partial charge in [0.15, 0.2) is 0 Å². The van der Waals surface area contributed by atoms with Crippen molar-refractivity contribution in [2.24, 2.45) is 0 Å². The van der Waals surface area contributed by atoms with Crippen LogP contribution in [0.15, 0.2) is 206 Å². The molecule has 0 bridgehead atoms. The fourth-order valence-corrected chi connectivity index (χ4v) is 8.54. The maximum atomic E-state index is 2.45. The number of rotatable bonds is 5. The molecule has 2 nitrogen and oxygen atoms in total. The summed E-state index contributed by atoms with van der Waals surface area (Å²) < 4.78 is 4.85. The zero-order chi connectivity index (χ0) is 35.6. The zero-order valence-corrected chi connectivity index (χ0v) is 29.5. The molecule has 2 heteroatoms. The lowest BCUT2D eigenvalue weighted by Gasteiger charge is -2.14. The molecule has 54 heavy (non-hydrogen) atoms. The quantitative estimate of drug-likeness (QED) is 0.171. The van der Waals surface area contributed by atoms with Gasteiger partial charge >= 0.3 is 0 Å². The van der Waals surface area contributed by atoms with Gasteiger partial charge in [-0.2, -0.15) is 0 Å². The minimum Gasteiger partial charge on any atom is -0.309 e. The molecule has 0 radical (unpaired) electrons. The number of benzene rings is 9. The van der Waals surface area contributed by atoms with Crippen LogP contribution in [0.1, 0.15) is 0 Å². The van der Waals surface area contributed by atoms with Crippen molar-refractivity contribution < 1.29 is 0 Å². The largest absolute Gasteiger partial charge is 0.309 e. The summed E-state index contributed by atoms with van der Waals surface area (Å²) in [7, 11) is 0. The van der Waals surface area contributed by atoms with Crippen molar-refractivity contribution in [1.82, 2.24) is 9.13 Å². The van der Waals surface area contributed by atoms with Crippen LogP contribution in [-0.4, -0.2) is 9.13 Å². The van der Waals surface area contributed by atoms with Gasteiger partial charge in [-0.3, -0.25) is 0 Å². The topological polar surface area (TPSA) is 9.86 Å². The summed E-state index contributed by atoms with van der Waals surface area (Å²) in [6, 6.07) is 75.2. The maximum absolute atomic E-state index is 2.45. The Morgan fingerprint density at radius 2 is 0.815 bits per heavy atom. The first-order valence-electron chi connectivity index (χ1n) is 18.6. The first-order chi connectivity index (χ1) is 26.8. The van der Waals surface area contributed by atoms with Crippen LogP contribution in [-0.2, 0) is 0 Å². The number of hydrogen-bond acceptors (Lipinski definition) is 0. The molecule has 0 spiro atoms. The zero-order valence-electron chi connectivity index (χ0n) is 29.5. The SMILES string of the molecule is c1ccc(-c2ccccc2-n2c3ccccc3c3ccc(-c4ccc5c(c4)c4ccccc4n5-c4ccc(-c5ccc6ccccc6c5)cc4)cc32)cc1. The van der Waals surface area contributed by atoms with E-state index < -0.39 is 0 Å². The Morgan fingerprint density at radius 1 is 0.259 bits per heavy atom. The lowest BCUT2D eigenvalue weighted by Crippen LogP contribution is -1.97. The predicted molar refractivity (Wildman–Crippen MR) is 229 cm³/mol. The second kappa shape index (κ2) is 12.2. The molecule has 0 aliphatic heterocycles. The molecule has 0 amide bonds. The average Bonchev–Trinajstić information content (AvgIpc) is 3.76. The molecule has 2 aromatic heterocycles. The van der Waals surface area contributed by atoms with E-state index in [0.29, 0.717) is 0 Å². The summed E-state index contributed by atoms with van der Waals surface area (Å²) in [6.45, 7) is 0. The Bertz CT molecular complexity index is 3200. The van der Waals surface area contributed by atoms with Gasteiger partial charge in [-0.05, 0) is 93.2 Å². The van der Waals surface area contributed by atoms with E-state index in [0.717, 1.165) is 5.69 Å². The standard InChI is InChI=1S/C52H34N2/c1-2-13-37(14-3-1)43-16-6-9-19-48(43)54-50-21-11-7-17-44(50)46-30-26-41(34-52(46)54)40-27-31-51-47(33-40)45-18-8-10-20-49(45)53(51)42-28-24-36(25-29-42)39-23-22-35-12-4-5-15-38(35)32-39/h1-34H. The summed E-state index contributed by atoms with van der Waals surface area (Å²) in [5, 5.41) is 7.53. The van der Waals surface area contributed by atoms with Crippen molar-refractivity contribution in [3.05, 3.63) is 206 Å². The van der Waals surface area contributed by atoms with Crippen LogP contribution in [0, 0.1) is 0 Å². The third-order valence-electron chi connectivity index (χ3n) is 11.1. The van der Waals surface area contributed by atoms with E-state index >= 15 is 0 Å². The Hall–Kier alpha value is -7.16. The Labute approximate surface area is 313 Å². The molecule has 0 saturated heterocycles. The fourth-order valence-electron chi connectivity index (χ4n) is 8.54. The number of fused-ring (bicyclic) bond motifs is 7. The van der Waals surface area contributed by atoms with Crippen molar-refractivity contribution in [3.8, 4) is 44.8 Å². The van der Waals surface area contributed by atoms with Gasteiger partial charge in [-0.1, -0.05) is 152 Å². The molecular weight excluding hydrogens is 653 g/mol. The van der Waals surface area contributed by atoms with E-state index in [9.17, 15) is 0 Å². The molecule has 0 aliphatic rings. The van der Waals surface area contributed by atoms with Crippen molar-refractivity contribution >= 4 is 54.4 Å². The molecule has 11 aromatic rings. The highest BCUT2D eigenvalue weighted by molar-refractivity contribution is 6.12. The van der Waals surface area contributed by atoms with Crippen molar-refractivity contribution in [2.45, 2.75) is 0 Å². The molecule has 0 N–H and O–H groups in total. The molecule has 11 rings (SSSR count). The Balaban J connectivity index is 1.05. The first kappa shape index (κ1) is 30.5. The van der Waals surface area contributed by atoms with Crippen LogP contribution in [0.4, 0.5) is 0 Å². The molecular formula is C52H34N2. The van der Waals surface area contributed by atoms with E-state index in [-0.39, 0.29) is 0 Å². The van der Waals surface area contributed by atoms with Gasteiger partial charge in [-0.15, -0.1) is 0 Å². The summed E-state index contributed by atoms with van der Waals surface area (Å²) in [6.07, 6.45) is 0. The molecule has 0 aliphatic carbocycles. The van der Waals surface area contributed by atoms with E-state index in [1.54, 1.807) is 0 Å². The third kappa shape index (κ3) is 4.81. The molecule has 0 fully saturated rings. The molecule has 2 heterocycles. The summed E-state index contributed by atoms with van der Waals surface area (Å²) in [4.78, 5) is 0. The lowest BCUT2D eigenvalue weighted by atomic mass is 10.0. The van der Waals surface area contributed by atoms with E-state index in [2.05, 4.69) is 215 Å². The fraction of sp³-hybridized carbons (Fsp3) is 0. The normalized spacial score (nSPS) is 11.7. The molecule has 9 aromatic carbocycles. The van der Waals surface area contributed by atoms with Gasteiger partial charge in [0.05, 0.1) is 27.8 Å². The summed E-state index contributed by atoms with van der Waals surface area (Å²) >= 11 is 0. The highest BCUT2D eigenvalue weighted by Crippen LogP contribution is 2.40. The first-order valence-corrected chi connectivity index (χ1v) is 18.6. The monoisotopic (exact) mass is 686 g/mol. The smallest absolute Gasteiger partial charge is 0.0547 e. The van der Waals surface area contributed by atoms with Gasteiger partial charge in [-0.25, -0.2) is 0 Å². The minimum absolute atomic E-state index is 1.15. The van der Waals surface area contributed by atoms with Crippen LogP contribution >= 0.6 is 0 Å². The highest BCUT2D eigenvalue weighted by atomic mass is 15.0.